The van der Waals surface area contributed by atoms with Crippen molar-refractivity contribution in [2.24, 2.45) is 0 Å². The minimum Gasteiger partial charge on any atom is -0.267 e. The van der Waals surface area contributed by atoms with Gasteiger partial charge in [0.1, 0.15) is 0 Å². The molecule has 0 saturated carbocycles. The summed E-state index contributed by atoms with van der Waals surface area (Å²) in [6.07, 6.45) is -4.47. The molecule has 0 saturated heterocycles. The van der Waals surface area contributed by atoms with Crippen molar-refractivity contribution in [1.82, 2.24) is 5.48 Å². The van der Waals surface area contributed by atoms with E-state index in [2.05, 4.69) is 20.8 Å². The normalized spacial score (nSPS) is 11.4. The number of carbonyl (C=O) groups excluding carboxylic acids is 1. The summed E-state index contributed by atoms with van der Waals surface area (Å²) in [6.45, 7) is 0.147. The van der Waals surface area contributed by atoms with Gasteiger partial charge in [0.2, 0.25) is 0 Å². The van der Waals surface area contributed by atoms with Crippen LogP contribution >= 0.6 is 15.9 Å². The van der Waals surface area contributed by atoms with Crippen molar-refractivity contribution in [2.45, 2.75) is 13.1 Å². The zero-order valence-corrected chi connectivity index (χ0v) is 10.4. The molecule has 1 amide bonds. The van der Waals surface area contributed by atoms with Crippen molar-refractivity contribution in [3.8, 4) is 0 Å². The van der Waals surface area contributed by atoms with Crippen LogP contribution in [-0.4, -0.2) is 18.7 Å². The summed E-state index contributed by atoms with van der Waals surface area (Å²) in [5.74, 6) is -0.715. The molecule has 1 aromatic rings. The molecule has 0 fully saturated rings. The van der Waals surface area contributed by atoms with Crippen molar-refractivity contribution in [2.75, 3.05) is 6.61 Å². The lowest BCUT2D eigenvalue weighted by atomic mass is 10.1. The molecule has 1 rings (SSSR count). The number of hydrogen-bond acceptors (Lipinski definition) is 2. The van der Waals surface area contributed by atoms with E-state index in [9.17, 15) is 18.0 Å². The van der Waals surface area contributed by atoms with Gasteiger partial charge in [-0.3, -0.25) is 9.63 Å². The lowest BCUT2D eigenvalue weighted by Crippen LogP contribution is -2.29. The standard InChI is InChI=1S/C10H9BrF3NO2/c1-6-7(3-2-4-8(6)11)9(16)15-17-5-10(12,13)14/h2-4H,5H2,1H3,(H,15,16). The zero-order valence-electron chi connectivity index (χ0n) is 8.77. The second-order valence-electron chi connectivity index (χ2n) is 3.25. The number of halogens is 4. The quantitative estimate of drug-likeness (QED) is 0.872. The Morgan fingerprint density at radius 1 is 1.47 bits per heavy atom. The SMILES string of the molecule is Cc1c(Br)cccc1C(=O)NOCC(F)(F)F. The molecule has 0 aliphatic carbocycles. The average molecular weight is 312 g/mol. The average Bonchev–Trinajstić information content (AvgIpc) is 2.20. The van der Waals surface area contributed by atoms with Crippen LogP contribution in [0.25, 0.3) is 0 Å². The smallest absolute Gasteiger partial charge is 0.267 e. The van der Waals surface area contributed by atoms with Crippen LogP contribution in [0.4, 0.5) is 13.2 Å². The third kappa shape index (κ3) is 4.35. The Kier molecular flexibility index (Phi) is 4.53. The van der Waals surface area contributed by atoms with Crippen LogP contribution in [0.2, 0.25) is 0 Å². The van der Waals surface area contributed by atoms with E-state index in [4.69, 9.17) is 0 Å². The molecular formula is C10H9BrF3NO2. The highest BCUT2D eigenvalue weighted by Crippen LogP contribution is 2.19. The zero-order chi connectivity index (χ0) is 13.1. The van der Waals surface area contributed by atoms with E-state index in [0.717, 1.165) is 0 Å². The number of alkyl halides is 3. The lowest BCUT2D eigenvalue weighted by Gasteiger charge is -2.10. The van der Waals surface area contributed by atoms with Gasteiger partial charge >= 0.3 is 6.18 Å². The molecule has 17 heavy (non-hydrogen) atoms. The molecule has 0 spiro atoms. The van der Waals surface area contributed by atoms with Crippen LogP contribution in [-0.2, 0) is 4.84 Å². The van der Waals surface area contributed by atoms with Crippen LogP contribution in [0.1, 0.15) is 15.9 Å². The predicted molar refractivity (Wildman–Crippen MR) is 58.4 cm³/mol. The molecule has 0 heterocycles. The Morgan fingerprint density at radius 3 is 2.71 bits per heavy atom. The molecule has 7 heteroatoms. The van der Waals surface area contributed by atoms with E-state index >= 15 is 0 Å². The van der Waals surface area contributed by atoms with Gasteiger partial charge in [0.05, 0.1) is 0 Å². The van der Waals surface area contributed by atoms with Gasteiger partial charge in [-0.05, 0) is 24.6 Å². The Hall–Kier alpha value is -1.08. The molecule has 0 atom stereocenters. The van der Waals surface area contributed by atoms with Gasteiger partial charge in [0.15, 0.2) is 6.61 Å². The first-order valence-corrected chi connectivity index (χ1v) is 5.34. The Bertz CT molecular complexity index is 421. The van der Waals surface area contributed by atoms with Gasteiger partial charge in [0, 0.05) is 10.0 Å². The highest BCUT2D eigenvalue weighted by Gasteiger charge is 2.28. The third-order valence-corrected chi connectivity index (χ3v) is 2.77. The number of benzene rings is 1. The molecule has 0 aliphatic rings. The van der Waals surface area contributed by atoms with Gasteiger partial charge in [-0.1, -0.05) is 22.0 Å². The van der Waals surface area contributed by atoms with Crippen LogP contribution in [0.3, 0.4) is 0 Å². The van der Waals surface area contributed by atoms with E-state index in [1.54, 1.807) is 24.5 Å². The summed E-state index contributed by atoms with van der Waals surface area (Å²) in [6, 6.07) is 4.82. The first-order valence-electron chi connectivity index (χ1n) is 4.55. The van der Waals surface area contributed by atoms with Crippen LogP contribution < -0.4 is 5.48 Å². The van der Waals surface area contributed by atoms with Crippen LogP contribution in [0.5, 0.6) is 0 Å². The molecule has 1 N–H and O–H groups in total. The fraction of sp³-hybridized carbons (Fsp3) is 0.300. The Balaban J connectivity index is 2.62. The summed E-state index contributed by atoms with van der Waals surface area (Å²) in [7, 11) is 0. The number of nitrogens with one attached hydrogen (secondary N) is 1. The fourth-order valence-electron chi connectivity index (χ4n) is 1.09. The van der Waals surface area contributed by atoms with E-state index in [0.29, 0.717) is 10.0 Å². The summed E-state index contributed by atoms with van der Waals surface area (Å²) >= 11 is 3.21. The van der Waals surface area contributed by atoms with E-state index in [1.807, 2.05) is 0 Å². The minimum absolute atomic E-state index is 0.251. The van der Waals surface area contributed by atoms with E-state index in [-0.39, 0.29) is 5.56 Å². The van der Waals surface area contributed by atoms with Gasteiger partial charge < -0.3 is 0 Å². The monoisotopic (exact) mass is 311 g/mol. The first-order chi connectivity index (χ1) is 7.81. The highest BCUT2D eigenvalue weighted by molar-refractivity contribution is 9.10. The van der Waals surface area contributed by atoms with Crippen molar-refractivity contribution in [3.63, 3.8) is 0 Å². The molecule has 0 aliphatic heterocycles. The van der Waals surface area contributed by atoms with Crippen molar-refractivity contribution < 1.29 is 22.8 Å². The van der Waals surface area contributed by atoms with Gasteiger partial charge in [-0.2, -0.15) is 13.2 Å². The number of hydroxylamine groups is 1. The first kappa shape index (κ1) is 14.0. The summed E-state index contributed by atoms with van der Waals surface area (Å²) in [5, 5.41) is 0. The summed E-state index contributed by atoms with van der Waals surface area (Å²) < 4.78 is 36.0. The van der Waals surface area contributed by atoms with Crippen molar-refractivity contribution in [3.05, 3.63) is 33.8 Å². The molecule has 0 radical (unpaired) electrons. The Labute approximate surface area is 104 Å². The number of rotatable bonds is 3. The van der Waals surface area contributed by atoms with Crippen molar-refractivity contribution in [1.29, 1.82) is 0 Å². The minimum atomic E-state index is -4.47. The topological polar surface area (TPSA) is 38.3 Å². The second kappa shape index (κ2) is 5.50. The van der Waals surface area contributed by atoms with Crippen LogP contribution in [0.15, 0.2) is 22.7 Å². The molecule has 3 nitrogen and oxygen atoms in total. The van der Waals surface area contributed by atoms with Gasteiger partial charge in [-0.25, -0.2) is 5.48 Å². The molecule has 0 unspecified atom stereocenters. The van der Waals surface area contributed by atoms with E-state index in [1.165, 1.54) is 6.07 Å². The fourth-order valence-corrected chi connectivity index (χ4v) is 1.46. The number of hydrogen-bond donors (Lipinski definition) is 1. The van der Waals surface area contributed by atoms with E-state index < -0.39 is 18.7 Å². The second-order valence-corrected chi connectivity index (χ2v) is 4.10. The maximum absolute atomic E-state index is 11.8. The Morgan fingerprint density at radius 2 is 2.12 bits per heavy atom. The molecule has 0 aromatic heterocycles. The highest BCUT2D eigenvalue weighted by atomic mass is 79.9. The molecular weight excluding hydrogens is 303 g/mol. The van der Waals surface area contributed by atoms with Gasteiger partial charge in [0.25, 0.3) is 5.91 Å². The van der Waals surface area contributed by atoms with Gasteiger partial charge in [-0.15, -0.1) is 0 Å². The predicted octanol–water partition coefficient (Wildman–Crippen LogP) is 2.98. The maximum Gasteiger partial charge on any atom is 0.414 e. The summed E-state index contributed by atoms with van der Waals surface area (Å²) in [5.41, 5.74) is 2.62. The molecule has 1 aromatic carbocycles. The number of carbonyl (C=O) groups is 1. The largest absolute Gasteiger partial charge is 0.414 e. The number of amides is 1. The third-order valence-electron chi connectivity index (χ3n) is 1.91. The lowest BCUT2D eigenvalue weighted by molar-refractivity contribution is -0.184. The van der Waals surface area contributed by atoms with Crippen LogP contribution in [0, 0.1) is 6.92 Å². The summed E-state index contributed by atoms with van der Waals surface area (Å²) in [4.78, 5) is 15.5. The van der Waals surface area contributed by atoms with Crippen molar-refractivity contribution >= 4 is 21.8 Å². The maximum atomic E-state index is 11.8. The molecule has 0 bridgehead atoms. The molecule has 94 valence electrons.